The van der Waals surface area contributed by atoms with Crippen molar-refractivity contribution < 1.29 is 9.53 Å². The molecule has 6 heteroatoms. The lowest BCUT2D eigenvalue weighted by Gasteiger charge is -2.26. The van der Waals surface area contributed by atoms with E-state index in [1.54, 1.807) is 29.3 Å². The molecule has 140 valence electrons. The Morgan fingerprint density at radius 2 is 2.04 bits per heavy atom. The molecule has 0 saturated heterocycles. The zero-order valence-electron chi connectivity index (χ0n) is 15.7. The highest BCUT2D eigenvalue weighted by molar-refractivity contribution is 5.92. The third kappa shape index (κ3) is 4.16. The van der Waals surface area contributed by atoms with E-state index in [2.05, 4.69) is 9.97 Å². The average Bonchev–Trinajstić information content (AvgIpc) is 2.66. The van der Waals surface area contributed by atoms with Gasteiger partial charge < -0.3 is 14.6 Å². The number of H-pyrrole nitrogens is 1. The first-order chi connectivity index (χ1) is 13.0. The molecule has 1 amide bonds. The Balaban J connectivity index is 1.95. The molecule has 3 rings (SSSR count). The van der Waals surface area contributed by atoms with Crippen molar-refractivity contribution in [3.05, 3.63) is 70.3 Å². The Labute approximate surface area is 157 Å². The highest BCUT2D eigenvalue weighted by Crippen LogP contribution is 2.20. The van der Waals surface area contributed by atoms with Crippen molar-refractivity contribution in [1.82, 2.24) is 14.9 Å². The second kappa shape index (κ2) is 8.03. The number of hydrogen-bond acceptors (Lipinski definition) is 4. The number of amides is 1. The number of aromatic amines is 1. The maximum atomic E-state index is 12.8. The van der Waals surface area contributed by atoms with Crippen molar-refractivity contribution in [3.8, 4) is 5.75 Å². The predicted octanol–water partition coefficient (Wildman–Crippen LogP) is 3.37. The molecule has 0 radical (unpaired) electrons. The highest BCUT2D eigenvalue weighted by Gasteiger charge is 2.21. The van der Waals surface area contributed by atoms with Gasteiger partial charge in [-0.05, 0) is 57.2 Å². The first-order valence-electron chi connectivity index (χ1n) is 9.00. The van der Waals surface area contributed by atoms with Crippen LogP contribution in [0.3, 0.4) is 0 Å². The van der Waals surface area contributed by atoms with Crippen molar-refractivity contribution in [2.45, 2.75) is 33.4 Å². The van der Waals surface area contributed by atoms with Crippen LogP contribution in [0.2, 0.25) is 0 Å². The summed E-state index contributed by atoms with van der Waals surface area (Å²) in [4.78, 5) is 34.0. The molecule has 1 N–H and O–H groups in total. The summed E-state index contributed by atoms with van der Waals surface area (Å²) in [5.41, 5.74) is 1.42. The van der Waals surface area contributed by atoms with Crippen LogP contribution in [0.25, 0.3) is 10.9 Å². The summed E-state index contributed by atoms with van der Waals surface area (Å²) in [7, 11) is 0. The SMILES string of the molecule is CCOc1ccc2[nH]c(=O)c(CN(C(=O)c3ccccn3)C(C)C)cc2c1. The third-order valence-corrected chi connectivity index (χ3v) is 4.31. The highest BCUT2D eigenvalue weighted by atomic mass is 16.5. The fourth-order valence-corrected chi connectivity index (χ4v) is 2.91. The van der Waals surface area contributed by atoms with Gasteiger partial charge in [0.15, 0.2) is 0 Å². The van der Waals surface area contributed by atoms with Gasteiger partial charge in [0.25, 0.3) is 11.5 Å². The standard InChI is InChI=1S/C21H23N3O3/c1-4-27-17-8-9-18-15(12-17)11-16(20(25)23-18)13-24(14(2)3)21(26)19-7-5-6-10-22-19/h5-12,14H,4,13H2,1-3H3,(H,23,25). The maximum Gasteiger partial charge on any atom is 0.272 e. The molecule has 0 aliphatic heterocycles. The van der Waals surface area contributed by atoms with E-state index in [1.165, 1.54) is 0 Å². The van der Waals surface area contributed by atoms with E-state index >= 15 is 0 Å². The minimum absolute atomic E-state index is 0.0793. The van der Waals surface area contributed by atoms with Gasteiger partial charge in [-0.25, -0.2) is 0 Å². The van der Waals surface area contributed by atoms with Crippen LogP contribution >= 0.6 is 0 Å². The van der Waals surface area contributed by atoms with Gasteiger partial charge in [0.2, 0.25) is 0 Å². The maximum absolute atomic E-state index is 12.8. The first-order valence-corrected chi connectivity index (χ1v) is 9.00. The van der Waals surface area contributed by atoms with Crippen LogP contribution in [0.15, 0.2) is 53.5 Å². The van der Waals surface area contributed by atoms with Crippen molar-refractivity contribution in [2.24, 2.45) is 0 Å². The molecule has 0 fully saturated rings. The summed E-state index contributed by atoms with van der Waals surface area (Å²) in [6.45, 7) is 6.54. The number of carbonyl (C=O) groups excluding carboxylic acids is 1. The van der Waals surface area contributed by atoms with Crippen LogP contribution in [0.5, 0.6) is 5.75 Å². The summed E-state index contributed by atoms with van der Waals surface area (Å²) in [5.74, 6) is 0.543. The van der Waals surface area contributed by atoms with Crippen LogP contribution in [0, 0.1) is 0 Å². The van der Waals surface area contributed by atoms with Gasteiger partial charge in [0.05, 0.1) is 13.2 Å². The Kier molecular flexibility index (Phi) is 5.54. The summed E-state index contributed by atoms with van der Waals surface area (Å²) < 4.78 is 5.53. The largest absolute Gasteiger partial charge is 0.494 e. The minimum atomic E-state index is -0.203. The molecule has 0 atom stereocenters. The smallest absolute Gasteiger partial charge is 0.272 e. The van der Waals surface area contributed by atoms with Crippen molar-refractivity contribution >= 4 is 16.8 Å². The topological polar surface area (TPSA) is 75.3 Å². The number of benzene rings is 1. The second-order valence-corrected chi connectivity index (χ2v) is 6.55. The van der Waals surface area contributed by atoms with Gasteiger partial charge >= 0.3 is 0 Å². The predicted molar refractivity (Wildman–Crippen MR) is 105 cm³/mol. The second-order valence-electron chi connectivity index (χ2n) is 6.55. The Morgan fingerprint density at radius 1 is 1.22 bits per heavy atom. The molecule has 2 aromatic heterocycles. The molecule has 0 saturated carbocycles. The average molecular weight is 365 g/mol. The van der Waals surface area contributed by atoms with E-state index in [9.17, 15) is 9.59 Å². The molecule has 0 spiro atoms. The molecule has 6 nitrogen and oxygen atoms in total. The normalized spacial score (nSPS) is 11.0. The van der Waals surface area contributed by atoms with Gasteiger partial charge in [0.1, 0.15) is 11.4 Å². The molecule has 0 bridgehead atoms. The fraction of sp³-hybridized carbons (Fsp3) is 0.286. The number of nitrogens with zero attached hydrogens (tertiary/aromatic N) is 2. The summed E-state index contributed by atoms with van der Waals surface area (Å²) in [6.07, 6.45) is 1.59. The van der Waals surface area contributed by atoms with Crippen molar-refractivity contribution in [3.63, 3.8) is 0 Å². The van der Waals surface area contributed by atoms with Crippen LogP contribution in [-0.4, -0.2) is 33.4 Å². The monoisotopic (exact) mass is 365 g/mol. The van der Waals surface area contributed by atoms with Gasteiger partial charge in [-0.15, -0.1) is 0 Å². The molecule has 0 aliphatic carbocycles. The summed E-state index contributed by atoms with van der Waals surface area (Å²) in [5, 5.41) is 0.865. The van der Waals surface area contributed by atoms with E-state index in [0.29, 0.717) is 17.9 Å². The van der Waals surface area contributed by atoms with Crippen molar-refractivity contribution in [2.75, 3.05) is 6.61 Å². The van der Waals surface area contributed by atoms with Crippen LogP contribution in [0.1, 0.15) is 36.8 Å². The Morgan fingerprint density at radius 3 is 2.70 bits per heavy atom. The van der Waals surface area contributed by atoms with E-state index in [1.807, 2.05) is 45.0 Å². The third-order valence-electron chi connectivity index (χ3n) is 4.31. The molecule has 1 aromatic carbocycles. The summed E-state index contributed by atoms with van der Waals surface area (Å²) in [6, 6.07) is 12.5. The molecule has 27 heavy (non-hydrogen) atoms. The number of hydrogen-bond donors (Lipinski definition) is 1. The molecule has 3 aromatic rings. The van der Waals surface area contributed by atoms with Crippen molar-refractivity contribution in [1.29, 1.82) is 0 Å². The molecule has 2 heterocycles. The number of rotatable bonds is 6. The molecule has 0 aliphatic rings. The lowest BCUT2D eigenvalue weighted by Crippen LogP contribution is -2.38. The fourth-order valence-electron chi connectivity index (χ4n) is 2.91. The lowest BCUT2D eigenvalue weighted by molar-refractivity contribution is 0.0683. The Bertz CT molecular complexity index is 996. The summed E-state index contributed by atoms with van der Waals surface area (Å²) >= 11 is 0. The zero-order chi connectivity index (χ0) is 19.4. The lowest BCUT2D eigenvalue weighted by atomic mass is 10.1. The zero-order valence-corrected chi connectivity index (χ0v) is 15.7. The van der Waals surface area contributed by atoms with Crippen LogP contribution in [0.4, 0.5) is 0 Å². The van der Waals surface area contributed by atoms with E-state index in [0.717, 1.165) is 16.7 Å². The van der Waals surface area contributed by atoms with Gasteiger partial charge in [-0.2, -0.15) is 0 Å². The number of ether oxygens (including phenoxy) is 1. The number of carbonyl (C=O) groups is 1. The number of pyridine rings is 2. The first kappa shape index (κ1) is 18.6. The molecular weight excluding hydrogens is 342 g/mol. The number of nitrogens with one attached hydrogen (secondary N) is 1. The molecule has 0 unspecified atom stereocenters. The van der Waals surface area contributed by atoms with Gasteiger partial charge in [0, 0.05) is 28.7 Å². The number of aromatic nitrogens is 2. The molecular formula is C21H23N3O3. The minimum Gasteiger partial charge on any atom is -0.494 e. The van der Waals surface area contributed by atoms with E-state index < -0.39 is 0 Å². The quantitative estimate of drug-likeness (QED) is 0.727. The van der Waals surface area contributed by atoms with Gasteiger partial charge in [-0.1, -0.05) is 6.07 Å². The van der Waals surface area contributed by atoms with Crippen LogP contribution in [-0.2, 0) is 6.54 Å². The van der Waals surface area contributed by atoms with Gasteiger partial charge in [-0.3, -0.25) is 14.6 Å². The van der Waals surface area contributed by atoms with E-state index in [4.69, 9.17) is 4.74 Å². The Hall–Kier alpha value is -3.15. The van der Waals surface area contributed by atoms with E-state index in [-0.39, 0.29) is 24.1 Å². The number of fused-ring (bicyclic) bond motifs is 1. The van der Waals surface area contributed by atoms with Crippen LogP contribution < -0.4 is 10.3 Å².